The maximum Gasteiger partial charge on any atom is 0.184 e. The number of fused-ring (bicyclic) bond motifs is 1. The van der Waals surface area contributed by atoms with E-state index in [4.69, 9.17) is 12.2 Å². The number of benzene rings is 1. The highest BCUT2D eigenvalue weighted by Gasteiger charge is 2.21. The molecule has 0 saturated heterocycles. The Morgan fingerprint density at radius 2 is 2.05 bits per heavy atom. The van der Waals surface area contributed by atoms with E-state index in [0.29, 0.717) is 23.1 Å². The molecular weight excluding hydrogens is 294 g/mol. The summed E-state index contributed by atoms with van der Waals surface area (Å²) in [4.78, 5) is 3.00. The van der Waals surface area contributed by atoms with Crippen LogP contribution in [0.5, 0.6) is 0 Å². The Bertz CT molecular complexity index is 904. The number of hydrogen-bond acceptors (Lipinski definition) is 2. The minimum atomic E-state index is -0.658. The fourth-order valence-electron chi connectivity index (χ4n) is 2.51. The SMILES string of the molecule is CCc1nn(C)c2c1[nH]c(=S)n2-c1c(F)ccc(C)c1F. The molecule has 0 radical (unpaired) electrons. The monoisotopic (exact) mass is 308 g/mol. The zero-order valence-corrected chi connectivity index (χ0v) is 12.7. The van der Waals surface area contributed by atoms with Gasteiger partial charge in [-0.15, -0.1) is 0 Å². The van der Waals surface area contributed by atoms with Crippen LogP contribution in [0.25, 0.3) is 16.9 Å². The molecule has 2 heterocycles. The topological polar surface area (TPSA) is 38.5 Å². The van der Waals surface area contributed by atoms with Crippen molar-refractivity contribution in [2.75, 3.05) is 0 Å². The quantitative estimate of drug-likeness (QED) is 0.735. The molecule has 0 aliphatic rings. The lowest BCUT2D eigenvalue weighted by atomic mass is 10.2. The largest absolute Gasteiger partial charge is 0.327 e. The Labute approximate surface area is 125 Å². The van der Waals surface area contributed by atoms with Gasteiger partial charge in [-0.1, -0.05) is 13.0 Å². The molecule has 0 saturated carbocycles. The molecule has 110 valence electrons. The molecule has 0 fully saturated rings. The Hall–Kier alpha value is -2.02. The van der Waals surface area contributed by atoms with Crippen molar-refractivity contribution in [3.05, 3.63) is 39.8 Å². The average molecular weight is 308 g/mol. The van der Waals surface area contributed by atoms with Gasteiger partial charge < -0.3 is 4.98 Å². The van der Waals surface area contributed by atoms with Crippen molar-refractivity contribution in [3.63, 3.8) is 0 Å². The van der Waals surface area contributed by atoms with E-state index < -0.39 is 11.6 Å². The molecule has 0 atom stereocenters. The number of imidazole rings is 1. The summed E-state index contributed by atoms with van der Waals surface area (Å²) >= 11 is 5.25. The van der Waals surface area contributed by atoms with Crippen molar-refractivity contribution in [2.24, 2.45) is 7.05 Å². The van der Waals surface area contributed by atoms with E-state index in [0.717, 1.165) is 5.69 Å². The summed E-state index contributed by atoms with van der Waals surface area (Å²) in [5.74, 6) is -1.28. The van der Waals surface area contributed by atoms with Gasteiger partial charge in [-0.25, -0.2) is 13.5 Å². The van der Waals surface area contributed by atoms with E-state index >= 15 is 0 Å². The zero-order chi connectivity index (χ0) is 15.3. The Kier molecular flexibility index (Phi) is 3.16. The van der Waals surface area contributed by atoms with Crippen LogP contribution >= 0.6 is 12.2 Å². The number of aryl methyl sites for hydroxylation is 3. The van der Waals surface area contributed by atoms with Gasteiger partial charge in [-0.2, -0.15) is 5.10 Å². The smallest absolute Gasteiger partial charge is 0.184 e. The third-order valence-electron chi connectivity index (χ3n) is 3.55. The van der Waals surface area contributed by atoms with Gasteiger partial charge in [0.15, 0.2) is 16.2 Å². The maximum atomic E-state index is 14.4. The summed E-state index contributed by atoms with van der Waals surface area (Å²) in [7, 11) is 1.73. The maximum absolute atomic E-state index is 14.4. The second-order valence-corrected chi connectivity index (χ2v) is 5.30. The average Bonchev–Trinajstić information content (AvgIpc) is 2.93. The lowest BCUT2D eigenvalue weighted by Crippen LogP contribution is -2.06. The minimum Gasteiger partial charge on any atom is -0.327 e. The molecule has 3 rings (SSSR count). The van der Waals surface area contributed by atoms with Gasteiger partial charge in [0.25, 0.3) is 0 Å². The van der Waals surface area contributed by atoms with Crippen LogP contribution in [0.4, 0.5) is 8.78 Å². The summed E-state index contributed by atoms with van der Waals surface area (Å²) in [6.07, 6.45) is 0.700. The summed E-state index contributed by atoms with van der Waals surface area (Å²) < 4.78 is 31.8. The van der Waals surface area contributed by atoms with E-state index in [2.05, 4.69) is 10.1 Å². The molecule has 0 aliphatic heterocycles. The summed E-state index contributed by atoms with van der Waals surface area (Å²) in [5.41, 5.74) is 2.27. The molecule has 0 bridgehead atoms. The Morgan fingerprint density at radius 3 is 2.71 bits per heavy atom. The lowest BCUT2D eigenvalue weighted by Gasteiger charge is -2.09. The molecule has 0 amide bonds. The Balaban J connectivity index is 2.47. The number of nitrogens with one attached hydrogen (secondary N) is 1. The fourth-order valence-corrected chi connectivity index (χ4v) is 2.79. The minimum absolute atomic E-state index is 0.170. The van der Waals surface area contributed by atoms with Crippen LogP contribution in [0, 0.1) is 23.3 Å². The van der Waals surface area contributed by atoms with Gasteiger partial charge in [0.1, 0.15) is 17.0 Å². The third kappa shape index (κ3) is 1.91. The molecule has 4 nitrogen and oxygen atoms in total. The first-order valence-electron chi connectivity index (χ1n) is 6.57. The highest BCUT2D eigenvalue weighted by Crippen LogP contribution is 2.27. The summed E-state index contributed by atoms with van der Waals surface area (Å²) in [6.45, 7) is 3.55. The molecule has 21 heavy (non-hydrogen) atoms. The van der Waals surface area contributed by atoms with Crippen LogP contribution in [0.1, 0.15) is 18.2 Å². The zero-order valence-electron chi connectivity index (χ0n) is 11.9. The van der Waals surface area contributed by atoms with E-state index in [1.165, 1.54) is 16.7 Å². The van der Waals surface area contributed by atoms with Gasteiger partial charge in [0.05, 0.1) is 5.69 Å². The number of halogens is 2. The first-order valence-corrected chi connectivity index (χ1v) is 6.98. The number of nitrogens with zero attached hydrogens (tertiary/aromatic N) is 3. The van der Waals surface area contributed by atoms with Gasteiger partial charge in [0, 0.05) is 7.05 Å². The van der Waals surface area contributed by atoms with Crippen molar-refractivity contribution >= 4 is 23.4 Å². The molecule has 1 aromatic carbocycles. The number of rotatable bonds is 2. The molecule has 0 spiro atoms. The van der Waals surface area contributed by atoms with Crippen molar-refractivity contribution in [1.82, 2.24) is 19.3 Å². The first kappa shape index (κ1) is 13.9. The molecule has 1 N–H and O–H groups in total. The predicted molar refractivity (Wildman–Crippen MR) is 79.3 cm³/mol. The molecule has 0 unspecified atom stereocenters. The van der Waals surface area contributed by atoms with E-state index in [-0.39, 0.29) is 10.5 Å². The van der Waals surface area contributed by atoms with Gasteiger partial charge in [0.2, 0.25) is 0 Å². The number of hydrogen-bond donors (Lipinski definition) is 1. The second kappa shape index (κ2) is 4.77. The molecule has 0 aliphatic carbocycles. The van der Waals surface area contributed by atoms with Crippen LogP contribution in [0.3, 0.4) is 0 Å². The standard InChI is InChI=1S/C14H14F2N4S/c1-4-9-11-13(19(3)18-9)20(14(21)17-11)12-8(15)6-5-7(2)10(12)16/h5-6H,4H2,1-3H3,(H,17,21). The summed E-state index contributed by atoms with van der Waals surface area (Å²) in [6, 6.07) is 2.65. The number of H-pyrrole nitrogens is 1. The number of aromatic nitrogens is 4. The molecule has 2 aromatic heterocycles. The van der Waals surface area contributed by atoms with E-state index in [1.54, 1.807) is 18.7 Å². The van der Waals surface area contributed by atoms with Crippen molar-refractivity contribution < 1.29 is 8.78 Å². The van der Waals surface area contributed by atoms with Crippen LogP contribution < -0.4 is 0 Å². The second-order valence-electron chi connectivity index (χ2n) is 4.91. The van der Waals surface area contributed by atoms with Crippen molar-refractivity contribution in [2.45, 2.75) is 20.3 Å². The molecular formula is C14H14F2N4S. The normalized spacial score (nSPS) is 11.5. The van der Waals surface area contributed by atoms with Crippen LogP contribution in [-0.2, 0) is 13.5 Å². The van der Waals surface area contributed by atoms with E-state index in [9.17, 15) is 8.78 Å². The van der Waals surface area contributed by atoms with Gasteiger partial charge in [-0.05, 0) is 37.2 Å². The van der Waals surface area contributed by atoms with Gasteiger partial charge >= 0.3 is 0 Å². The van der Waals surface area contributed by atoms with E-state index in [1.807, 2.05) is 6.92 Å². The predicted octanol–water partition coefficient (Wildman–Crippen LogP) is 3.57. The number of aromatic amines is 1. The molecule has 7 heteroatoms. The Morgan fingerprint density at radius 1 is 1.33 bits per heavy atom. The first-order chi connectivity index (χ1) is 9.95. The van der Waals surface area contributed by atoms with Crippen LogP contribution in [0.15, 0.2) is 12.1 Å². The third-order valence-corrected chi connectivity index (χ3v) is 3.84. The summed E-state index contributed by atoms with van der Waals surface area (Å²) in [5, 5.41) is 4.35. The highest BCUT2D eigenvalue weighted by atomic mass is 32.1. The molecule has 3 aromatic rings. The van der Waals surface area contributed by atoms with Crippen LogP contribution in [-0.4, -0.2) is 19.3 Å². The van der Waals surface area contributed by atoms with Crippen molar-refractivity contribution in [1.29, 1.82) is 0 Å². The fraction of sp³-hybridized carbons (Fsp3) is 0.286. The lowest BCUT2D eigenvalue weighted by molar-refractivity contribution is 0.562. The van der Waals surface area contributed by atoms with Gasteiger partial charge in [-0.3, -0.25) is 4.57 Å². The van der Waals surface area contributed by atoms with Crippen LogP contribution in [0.2, 0.25) is 0 Å². The van der Waals surface area contributed by atoms with Crippen molar-refractivity contribution in [3.8, 4) is 5.69 Å². The highest BCUT2D eigenvalue weighted by molar-refractivity contribution is 7.71.